The van der Waals surface area contributed by atoms with Crippen LogP contribution < -0.4 is 34.4 Å². The number of rotatable bonds is 18. The maximum atomic E-state index is 12.5. The number of hydrogen-bond acceptors (Lipinski definition) is 14. The number of anilines is 1. The van der Waals surface area contributed by atoms with E-state index in [0.29, 0.717) is 53.3 Å². The van der Waals surface area contributed by atoms with Crippen LogP contribution in [-0.2, 0) is 44.7 Å². The Morgan fingerprint density at radius 3 is 2.20 bits per heavy atom. The van der Waals surface area contributed by atoms with Crippen LogP contribution in [0.15, 0.2) is 30.5 Å². The number of halogens is 1. The number of Topliss-reactive ketones (excluding diaryl/α,β-unsaturated/α-hetero) is 2. The van der Waals surface area contributed by atoms with Gasteiger partial charge in [0.05, 0.1) is 11.9 Å². The predicted molar refractivity (Wildman–Crippen MR) is 273 cm³/mol. The van der Waals surface area contributed by atoms with Crippen LogP contribution in [0.3, 0.4) is 0 Å². The first-order chi connectivity index (χ1) is 35.4. The minimum absolute atomic E-state index is 0. The van der Waals surface area contributed by atoms with Crippen LogP contribution in [-0.4, -0.2) is 112 Å². The highest BCUT2D eigenvalue weighted by atomic mass is 35.5. The molecule has 0 aliphatic heterocycles. The van der Waals surface area contributed by atoms with Gasteiger partial charge in [-0.3, -0.25) is 34.2 Å². The lowest BCUT2D eigenvalue weighted by Gasteiger charge is -2.60. The molecule has 1 unspecified atom stereocenters. The minimum atomic E-state index is -1.29. The summed E-state index contributed by atoms with van der Waals surface area (Å²) in [6.07, 6.45) is 12.6. The molecule has 9 N–H and O–H groups in total. The lowest BCUT2D eigenvalue weighted by Crippen LogP contribution is -3.00. The van der Waals surface area contributed by atoms with Crippen molar-refractivity contribution in [2.24, 2.45) is 40.4 Å². The monoisotopic (exact) mass is 1080 g/mol. The number of nitrogens with zero attached hydrogens (tertiary/aromatic N) is 5. The number of aromatic amines is 1. The Hall–Kier alpha value is -6.93. The summed E-state index contributed by atoms with van der Waals surface area (Å²) in [4.78, 5) is 109. The molecule has 3 aromatic rings. The highest BCUT2D eigenvalue weighted by molar-refractivity contribution is 6.25. The van der Waals surface area contributed by atoms with Gasteiger partial charge in [-0.05, 0) is 123 Å². The Bertz CT molecular complexity index is 2740. The van der Waals surface area contributed by atoms with Crippen LogP contribution in [0.5, 0.6) is 0 Å². The number of carboxylic acids is 3. The van der Waals surface area contributed by atoms with Crippen LogP contribution in [0.1, 0.15) is 160 Å². The average molecular weight is 1080 g/mol. The molecule has 0 saturated heterocycles. The van der Waals surface area contributed by atoms with E-state index in [1.807, 2.05) is 13.8 Å². The summed E-state index contributed by atoms with van der Waals surface area (Å²) in [6, 6.07) is 4.40. The average Bonchev–Trinajstić information content (AvgIpc) is 3.70. The molecule has 2 aromatic heterocycles. The number of H-pyrrole nitrogens is 1. The number of aromatic nitrogens is 4. The number of nitrogens with one attached hydrogen (secondary N) is 4. The predicted octanol–water partition coefficient (Wildman–Crippen LogP) is 2.71. The number of hydrogen-bond donors (Lipinski definition) is 8. The van der Waals surface area contributed by atoms with Crippen molar-refractivity contribution in [1.82, 2.24) is 30.6 Å². The number of nitrogen functional groups attached to an aromatic ring is 1. The number of aliphatic carboxylic acids is 3. The Balaban J connectivity index is 0.000000322. The smallest absolute Gasteiger partial charge is 1.00 e. The number of amides is 2. The molecule has 0 spiro atoms. The molecular formula is C53H73ClN10O12. The molecular weight excluding hydrogens is 1000 g/mol. The molecule has 414 valence electrons. The topological polar surface area (TPSA) is 371 Å². The van der Waals surface area contributed by atoms with Gasteiger partial charge in [-0.2, -0.15) is 9.77 Å². The van der Waals surface area contributed by atoms with Gasteiger partial charge in [0.25, 0.3) is 5.91 Å². The second-order valence-corrected chi connectivity index (χ2v) is 21.0. The normalized spacial score (nSPS) is 25.2. The number of ether oxygens (including phenoxy) is 1. The van der Waals surface area contributed by atoms with E-state index in [4.69, 9.17) is 31.6 Å². The molecule has 0 bridgehead atoms. The number of benzene rings is 1. The van der Waals surface area contributed by atoms with Gasteiger partial charge in [0.2, 0.25) is 17.3 Å². The first-order valence-corrected chi connectivity index (χ1v) is 25.8. The highest BCUT2D eigenvalue weighted by Crippen LogP contribution is 2.66. The number of carbonyl (C=O) groups excluding carboxylic acids is 5. The largest absolute Gasteiger partial charge is 1.00 e. The fourth-order valence-electron chi connectivity index (χ4n) is 12.2. The Morgan fingerprint density at radius 2 is 1.59 bits per heavy atom. The summed E-state index contributed by atoms with van der Waals surface area (Å²) < 4.78 is 5.89. The second-order valence-electron chi connectivity index (χ2n) is 21.0. The van der Waals surface area contributed by atoms with E-state index < -0.39 is 47.6 Å². The second kappa shape index (κ2) is 27.2. The third kappa shape index (κ3) is 15.4. The third-order valence-electron chi connectivity index (χ3n) is 16.2. The molecule has 0 radical (unpaired) electrons. The molecule has 11 atom stereocenters. The molecule has 7 rings (SSSR count). The fraction of sp³-hybridized carbons (Fsp3) is 0.604. The van der Waals surface area contributed by atoms with Crippen molar-refractivity contribution >= 4 is 70.5 Å². The SMILES string of the molecule is CC(=O)N[C@@H](CCC(=O)C=[N+]=[N-])C(=O)O.CCC(=O)O[C@H]1CC[C@H]2[C@@H]3CC[C@H]4CC(=O)[C@H](C)C[C@]4(C)[C@H]3CC[C@]12C.CCC(Cc1cnc2nc(=N)[nH]c(N)c2n1)c1ccc(C(=O)N[C@@H](CCC(=O)O)C(=O)O)cc1.[Cl-].[H+]. The van der Waals surface area contributed by atoms with Crippen LogP contribution in [0.2, 0.25) is 0 Å². The van der Waals surface area contributed by atoms with E-state index >= 15 is 0 Å². The van der Waals surface area contributed by atoms with Crippen molar-refractivity contribution < 1.29 is 77.0 Å². The number of carbonyl (C=O) groups is 8. The highest BCUT2D eigenvalue weighted by Gasteiger charge is 2.61. The number of nitrogens with two attached hydrogens (primary N) is 1. The van der Waals surface area contributed by atoms with Crippen molar-refractivity contribution in [3.8, 4) is 0 Å². The molecule has 4 saturated carbocycles. The van der Waals surface area contributed by atoms with Gasteiger partial charge in [0.15, 0.2) is 5.65 Å². The summed E-state index contributed by atoms with van der Waals surface area (Å²) in [5, 5.41) is 38.7. The summed E-state index contributed by atoms with van der Waals surface area (Å²) in [6.45, 7) is 12.2. The lowest BCUT2D eigenvalue weighted by atomic mass is 9.44. The van der Waals surface area contributed by atoms with Gasteiger partial charge >= 0.3 is 31.5 Å². The van der Waals surface area contributed by atoms with Crippen molar-refractivity contribution in [2.45, 2.75) is 162 Å². The van der Waals surface area contributed by atoms with Gasteiger partial charge in [0, 0.05) is 49.5 Å². The van der Waals surface area contributed by atoms with Crippen molar-refractivity contribution in [3.05, 3.63) is 58.4 Å². The standard InChI is InChI=1S/C23H36O3.C22H25N7O5.C8H11N3O4.ClH/c1-5-21(25)26-20-9-8-17-16-7-6-15-12-19(24)14(2)13-23(15,4)18(16)10-11-22(17,20)3;1-2-11(9-14-10-25-19-17(26-14)18(23)28-22(24)29-19)12-3-5-13(6-4-12)20(32)27-15(21(33)34)7-8-16(30)31;1-5(12)11-7(8(14)15)3-2-6(13)4-10-9;/h14-18,20H,5-13H2,1-4H3;3-6,10-11,15H,2,7-9H2,1H3,(H,27,32)(H,30,31)(H,33,34)(H4,23,24,25,28,29);4,7H,2-3H2,1H3,(H,11,12)(H,14,15);1H/t14-,15+,16+,17+,18+,20+,22+,23+;11?,15-;7-;/m100./s1. The summed E-state index contributed by atoms with van der Waals surface area (Å²) in [5.74, 6) is -1.39. The first-order valence-electron chi connectivity index (χ1n) is 25.8. The zero-order valence-electron chi connectivity index (χ0n) is 45.0. The van der Waals surface area contributed by atoms with Gasteiger partial charge in [-0.25, -0.2) is 19.6 Å². The zero-order chi connectivity index (χ0) is 55.4. The molecule has 23 heteroatoms. The molecule has 22 nitrogen and oxygen atoms in total. The maximum absolute atomic E-state index is 12.5. The molecule has 1 aromatic carbocycles. The van der Waals surface area contributed by atoms with Gasteiger partial charge in [0.1, 0.15) is 35.3 Å². The van der Waals surface area contributed by atoms with Gasteiger partial charge in [-0.15, -0.1) is 0 Å². The number of ketones is 2. The van der Waals surface area contributed by atoms with Crippen LogP contribution in [0.4, 0.5) is 5.82 Å². The van der Waals surface area contributed by atoms with E-state index in [2.05, 4.69) is 56.1 Å². The third-order valence-corrected chi connectivity index (χ3v) is 16.2. The van der Waals surface area contributed by atoms with Gasteiger partial charge in [-0.1, -0.05) is 46.8 Å². The van der Waals surface area contributed by atoms with Crippen LogP contribution >= 0.6 is 0 Å². The summed E-state index contributed by atoms with van der Waals surface area (Å²) in [5.41, 5.74) is 17.0. The Labute approximate surface area is 448 Å². The van der Waals surface area contributed by atoms with Crippen LogP contribution in [0.25, 0.3) is 16.7 Å². The molecule has 4 aliphatic carbocycles. The number of fused-ring (bicyclic) bond motifs is 6. The Morgan fingerprint density at radius 1 is 0.947 bits per heavy atom. The van der Waals surface area contributed by atoms with E-state index in [0.717, 1.165) is 43.1 Å². The van der Waals surface area contributed by atoms with Crippen molar-refractivity contribution in [3.63, 3.8) is 0 Å². The molecule has 4 fully saturated rings. The quantitative estimate of drug-likeness (QED) is 0.0393. The first kappa shape index (κ1) is 61.6. The number of carboxylic acid groups (broad SMARTS) is 3. The minimum Gasteiger partial charge on any atom is -1.00 e. The van der Waals surface area contributed by atoms with Crippen molar-refractivity contribution in [1.29, 1.82) is 5.41 Å². The molecule has 2 amide bonds. The van der Waals surface area contributed by atoms with E-state index in [-0.39, 0.29) is 91.5 Å². The summed E-state index contributed by atoms with van der Waals surface area (Å²) in [7, 11) is 0. The fourth-order valence-corrected chi connectivity index (χ4v) is 12.2. The number of esters is 1. The van der Waals surface area contributed by atoms with Crippen molar-refractivity contribution in [2.75, 3.05) is 5.73 Å². The molecule has 76 heavy (non-hydrogen) atoms. The lowest BCUT2D eigenvalue weighted by molar-refractivity contribution is -0.165. The Kier molecular flexibility index (Phi) is 22.1. The van der Waals surface area contributed by atoms with Crippen LogP contribution in [0, 0.1) is 45.8 Å². The zero-order valence-corrected chi connectivity index (χ0v) is 44.7. The van der Waals surface area contributed by atoms with E-state index in [9.17, 15) is 43.5 Å². The van der Waals surface area contributed by atoms with E-state index in [1.54, 1.807) is 30.5 Å². The van der Waals surface area contributed by atoms with Gasteiger partial charge < -0.3 is 59.3 Å². The summed E-state index contributed by atoms with van der Waals surface area (Å²) >= 11 is 0. The van der Waals surface area contributed by atoms with E-state index in [1.165, 1.54) is 39.0 Å². The maximum Gasteiger partial charge on any atom is 1.00 e. The molecule has 2 heterocycles. The molecule has 4 aliphatic rings.